The first kappa shape index (κ1) is 13.5. The van der Waals surface area contributed by atoms with Crippen LogP contribution >= 0.6 is 15.9 Å². The van der Waals surface area contributed by atoms with Gasteiger partial charge in [0.05, 0.1) is 9.40 Å². The van der Waals surface area contributed by atoms with Gasteiger partial charge in [0, 0.05) is 6.54 Å². The lowest BCUT2D eigenvalue weighted by atomic mass is 10.3. The summed E-state index contributed by atoms with van der Waals surface area (Å²) < 4.78 is 7.86. The van der Waals surface area contributed by atoms with Gasteiger partial charge in [0.25, 0.3) is 5.88 Å². The van der Waals surface area contributed by atoms with Gasteiger partial charge in [-0.05, 0) is 41.9 Å². The Morgan fingerprint density at radius 1 is 1.47 bits per heavy atom. The van der Waals surface area contributed by atoms with Crippen molar-refractivity contribution >= 4 is 21.6 Å². The van der Waals surface area contributed by atoms with Crippen LogP contribution in [0.4, 0.5) is 5.69 Å². The lowest BCUT2D eigenvalue weighted by Gasteiger charge is -2.07. The molecule has 0 saturated heterocycles. The summed E-state index contributed by atoms with van der Waals surface area (Å²) in [6.45, 7) is 3.94. The minimum absolute atomic E-state index is 0.0994. The van der Waals surface area contributed by atoms with E-state index in [9.17, 15) is 10.1 Å². The third kappa shape index (κ3) is 2.60. The maximum atomic E-state index is 11.1. The molecular weight excluding hydrogens is 314 g/mol. The summed E-state index contributed by atoms with van der Waals surface area (Å²) in [5, 5.41) is 15.2. The van der Waals surface area contributed by atoms with Gasteiger partial charge in [0.1, 0.15) is 11.4 Å². The molecule has 0 amide bonds. The number of hydrogen-bond donors (Lipinski definition) is 0. The number of aryl methyl sites for hydroxylation is 2. The second-order valence-corrected chi connectivity index (χ2v) is 4.70. The van der Waals surface area contributed by atoms with Crippen molar-refractivity contribution in [1.82, 2.24) is 9.78 Å². The molecule has 0 unspecified atom stereocenters. The van der Waals surface area contributed by atoms with Crippen LogP contribution in [0.2, 0.25) is 0 Å². The second-order valence-electron chi connectivity index (χ2n) is 3.84. The molecule has 1 heterocycles. The highest BCUT2D eigenvalue weighted by molar-refractivity contribution is 9.10. The number of hydrogen-bond acceptors (Lipinski definition) is 4. The number of aromatic nitrogens is 2. The standard InChI is InChI=1S/C12H12BrN3O3/c1-3-15-12(11(16(17)18)8(2)14-15)19-10-7-5-4-6-9(10)13/h4-7H,3H2,1-2H3. The first-order valence-corrected chi connectivity index (χ1v) is 6.48. The maximum Gasteiger partial charge on any atom is 0.353 e. The molecule has 0 spiro atoms. The number of halogens is 1. The molecule has 0 aliphatic heterocycles. The molecule has 7 heteroatoms. The van der Waals surface area contributed by atoms with E-state index in [2.05, 4.69) is 21.0 Å². The van der Waals surface area contributed by atoms with E-state index in [1.165, 1.54) is 4.68 Å². The lowest BCUT2D eigenvalue weighted by Crippen LogP contribution is -2.01. The Balaban J connectivity index is 2.50. The first-order chi connectivity index (χ1) is 9.04. The van der Waals surface area contributed by atoms with Crippen LogP contribution in [0.5, 0.6) is 11.6 Å². The largest absolute Gasteiger partial charge is 0.433 e. The molecule has 19 heavy (non-hydrogen) atoms. The summed E-state index contributed by atoms with van der Waals surface area (Å²) in [6, 6.07) is 7.18. The van der Waals surface area contributed by atoms with Crippen LogP contribution in [0.15, 0.2) is 28.7 Å². The molecule has 0 N–H and O–H groups in total. The molecule has 1 aromatic carbocycles. The number of ether oxygens (including phenoxy) is 1. The van der Waals surface area contributed by atoms with Gasteiger partial charge in [-0.2, -0.15) is 5.10 Å². The zero-order valence-electron chi connectivity index (χ0n) is 10.5. The fourth-order valence-electron chi connectivity index (χ4n) is 1.71. The number of para-hydroxylation sites is 1. The Labute approximate surface area is 118 Å². The van der Waals surface area contributed by atoms with Crippen LogP contribution in [-0.4, -0.2) is 14.7 Å². The Morgan fingerprint density at radius 3 is 2.74 bits per heavy atom. The van der Waals surface area contributed by atoms with Crippen LogP contribution in [0.1, 0.15) is 12.6 Å². The lowest BCUT2D eigenvalue weighted by molar-refractivity contribution is -0.386. The number of nitrogens with zero attached hydrogens (tertiary/aromatic N) is 3. The average Bonchev–Trinajstić information content (AvgIpc) is 2.68. The predicted molar refractivity (Wildman–Crippen MR) is 73.5 cm³/mol. The molecule has 2 rings (SSSR count). The normalized spacial score (nSPS) is 10.5. The molecule has 0 atom stereocenters. The third-order valence-corrected chi connectivity index (χ3v) is 3.23. The van der Waals surface area contributed by atoms with Gasteiger partial charge in [0.15, 0.2) is 0 Å². The summed E-state index contributed by atoms with van der Waals surface area (Å²) in [4.78, 5) is 10.6. The highest BCUT2D eigenvalue weighted by Crippen LogP contribution is 2.36. The average molecular weight is 326 g/mol. The van der Waals surface area contributed by atoms with Gasteiger partial charge < -0.3 is 4.74 Å². The van der Waals surface area contributed by atoms with E-state index < -0.39 is 4.92 Å². The topological polar surface area (TPSA) is 70.2 Å². The molecule has 0 saturated carbocycles. The maximum absolute atomic E-state index is 11.1. The van der Waals surface area contributed by atoms with Gasteiger partial charge in [-0.25, -0.2) is 4.68 Å². The number of rotatable bonds is 4. The zero-order valence-corrected chi connectivity index (χ0v) is 12.0. The summed E-state index contributed by atoms with van der Waals surface area (Å²) in [6.07, 6.45) is 0. The molecular formula is C12H12BrN3O3. The molecule has 0 radical (unpaired) electrons. The van der Waals surface area contributed by atoms with Gasteiger partial charge in [-0.1, -0.05) is 12.1 Å². The second kappa shape index (κ2) is 5.40. The van der Waals surface area contributed by atoms with Gasteiger partial charge in [-0.3, -0.25) is 10.1 Å². The minimum atomic E-state index is -0.472. The van der Waals surface area contributed by atoms with E-state index in [0.717, 1.165) is 4.47 Å². The van der Waals surface area contributed by atoms with Crippen molar-refractivity contribution in [2.45, 2.75) is 20.4 Å². The molecule has 0 aliphatic carbocycles. The molecule has 0 aliphatic rings. The number of benzene rings is 1. The van der Waals surface area contributed by atoms with Crippen molar-refractivity contribution in [3.8, 4) is 11.6 Å². The highest BCUT2D eigenvalue weighted by atomic mass is 79.9. The van der Waals surface area contributed by atoms with Crippen molar-refractivity contribution in [1.29, 1.82) is 0 Å². The zero-order chi connectivity index (χ0) is 14.0. The van der Waals surface area contributed by atoms with Crippen molar-refractivity contribution < 1.29 is 9.66 Å². The molecule has 2 aromatic rings. The molecule has 100 valence electrons. The minimum Gasteiger partial charge on any atom is -0.433 e. The van der Waals surface area contributed by atoms with Crippen molar-refractivity contribution in [2.24, 2.45) is 0 Å². The highest BCUT2D eigenvalue weighted by Gasteiger charge is 2.27. The fraction of sp³-hybridized carbons (Fsp3) is 0.250. The Bertz CT molecular complexity index is 625. The summed E-state index contributed by atoms with van der Waals surface area (Å²) in [7, 11) is 0. The smallest absolute Gasteiger partial charge is 0.353 e. The molecule has 6 nitrogen and oxygen atoms in total. The van der Waals surface area contributed by atoms with Crippen LogP contribution in [-0.2, 0) is 6.54 Å². The van der Waals surface area contributed by atoms with Gasteiger partial charge in [0.2, 0.25) is 0 Å². The van der Waals surface area contributed by atoms with Crippen LogP contribution in [0, 0.1) is 17.0 Å². The van der Waals surface area contributed by atoms with E-state index in [4.69, 9.17) is 4.74 Å². The predicted octanol–water partition coefficient (Wildman–Crippen LogP) is 3.67. The monoisotopic (exact) mass is 325 g/mol. The van der Waals surface area contributed by atoms with Gasteiger partial charge in [-0.15, -0.1) is 0 Å². The van der Waals surface area contributed by atoms with Crippen molar-refractivity contribution in [3.05, 3.63) is 44.5 Å². The first-order valence-electron chi connectivity index (χ1n) is 5.68. The van der Waals surface area contributed by atoms with Crippen LogP contribution in [0.3, 0.4) is 0 Å². The Hall–Kier alpha value is -1.89. The van der Waals surface area contributed by atoms with Gasteiger partial charge >= 0.3 is 5.69 Å². The van der Waals surface area contributed by atoms with Crippen molar-refractivity contribution in [3.63, 3.8) is 0 Å². The SMILES string of the molecule is CCn1nc(C)c([N+](=O)[O-])c1Oc1ccccc1Br. The fourth-order valence-corrected chi connectivity index (χ4v) is 2.07. The summed E-state index contributed by atoms with van der Waals surface area (Å²) >= 11 is 3.34. The quantitative estimate of drug-likeness (QED) is 0.635. The van der Waals surface area contributed by atoms with E-state index >= 15 is 0 Å². The molecule has 1 aromatic heterocycles. The molecule has 0 bridgehead atoms. The molecule has 0 fully saturated rings. The summed E-state index contributed by atoms with van der Waals surface area (Å²) in [5.41, 5.74) is 0.242. The summed E-state index contributed by atoms with van der Waals surface area (Å²) in [5.74, 6) is 0.664. The van der Waals surface area contributed by atoms with E-state index in [1.807, 2.05) is 13.0 Å². The van der Waals surface area contributed by atoms with E-state index in [1.54, 1.807) is 25.1 Å². The van der Waals surface area contributed by atoms with E-state index in [-0.39, 0.29) is 11.6 Å². The van der Waals surface area contributed by atoms with E-state index in [0.29, 0.717) is 18.0 Å². The Morgan fingerprint density at radius 2 is 2.16 bits per heavy atom. The van der Waals surface area contributed by atoms with Crippen LogP contribution in [0.25, 0.3) is 0 Å². The van der Waals surface area contributed by atoms with Crippen molar-refractivity contribution in [2.75, 3.05) is 0 Å². The Kier molecular flexibility index (Phi) is 3.84. The third-order valence-electron chi connectivity index (χ3n) is 2.58. The number of nitro groups is 1. The van der Waals surface area contributed by atoms with Crippen LogP contribution < -0.4 is 4.74 Å².